The molecule has 4 aromatic rings. The van der Waals surface area contributed by atoms with Crippen LogP contribution in [0.5, 0.6) is 11.5 Å². The SMILES string of the molecule is COc1ccc(NC(=O)N2Cc3c(sc4c3CCCC4)-n3cccc3C2c2ccc(C)cc2)cc1OC. The Labute approximate surface area is 221 Å². The summed E-state index contributed by atoms with van der Waals surface area (Å²) in [7, 11) is 3.20. The van der Waals surface area contributed by atoms with Crippen molar-refractivity contribution in [1.29, 1.82) is 0 Å². The first-order chi connectivity index (χ1) is 18.1. The number of ether oxygens (including phenoxy) is 2. The fourth-order valence-electron chi connectivity index (χ4n) is 5.60. The largest absolute Gasteiger partial charge is 0.493 e. The van der Waals surface area contributed by atoms with Crippen LogP contribution in [-0.4, -0.2) is 29.7 Å². The lowest BCUT2D eigenvalue weighted by Gasteiger charge is -2.31. The van der Waals surface area contributed by atoms with E-state index in [-0.39, 0.29) is 12.1 Å². The molecule has 2 aromatic heterocycles. The number of carbonyl (C=O) groups is 1. The van der Waals surface area contributed by atoms with Gasteiger partial charge in [0, 0.05) is 28.4 Å². The number of aryl methyl sites for hydroxylation is 2. The average molecular weight is 514 g/mol. The van der Waals surface area contributed by atoms with Gasteiger partial charge in [-0.05, 0) is 68.0 Å². The van der Waals surface area contributed by atoms with Gasteiger partial charge in [-0.1, -0.05) is 29.8 Å². The molecule has 0 bridgehead atoms. The highest BCUT2D eigenvalue weighted by Crippen LogP contribution is 2.44. The predicted octanol–water partition coefficient (Wildman–Crippen LogP) is 6.88. The van der Waals surface area contributed by atoms with Crippen molar-refractivity contribution in [2.24, 2.45) is 0 Å². The molecule has 2 amide bonds. The molecule has 6 nitrogen and oxygen atoms in total. The Morgan fingerprint density at radius 1 is 0.973 bits per heavy atom. The van der Waals surface area contributed by atoms with Crippen LogP contribution in [0.25, 0.3) is 5.00 Å². The molecular formula is C30H31N3O3S. The number of carbonyl (C=O) groups excluding carboxylic acids is 1. The van der Waals surface area contributed by atoms with E-state index in [4.69, 9.17) is 9.47 Å². The lowest BCUT2D eigenvalue weighted by molar-refractivity contribution is 0.194. The molecule has 1 N–H and O–H groups in total. The number of rotatable bonds is 4. The molecule has 0 saturated carbocycles. The monoisotopic (exact) mass is 513 g/mol. The summed E-state index contributed by atoms with van der Waals surface area (Å²) in [4.78, 5) is 17.6. The minimum atomic E-state index is -0.227. The second-order valence-electron chi connectivity index (χ2n) is 9.74. The molecule has 1 aliphatic carbocycles. The van der Waals surface area contributed by atoms with E-state index in [1.807, 2.05) is 28.4 Å². The van der Waals surface area contributed by atoms with E-state index in [9.17, 15) is 4.79 Å². The maximum atomic E-state index is 14.1. The van der Waals surface area contributed by atoms with Gasteiger partial charge in [-0.15, -0.1) is 11.3 Å². The van der Waals surface area contributed by atoms with Gasteiger partial charge in [-0.25, -0.2) is 4.79 Å². The summed E-state index contributed by atoms with van der Waals surface area (Å²) >= 11 is 1.90. The number of nitrogens with one attached hydrogen (secondary N) is 1. The molecule has 2 aliphatic rings. The van der Waals surface area contributed by atoms with E-state index in [1.165, 1.54) is 39.4 Å². The Hall–Kier alpha value is -3.71. The first-order valence-corrected chi connectivity index (χ1v) is 13.6. The van der Waals surface area contributed by atoms with Gasteiger partial charge in [-0.3, -0.25) is 0 Å². The number of methoxy groups -OCH3 is 2. The highest BCUT2D eigenvalue weighted by molar-refractivity contribution is 7.15. The number of anilines is 1. The molecule has 190 valence electrons. The van der Waals surface area contributed by atoms with Crippen molar-refractivity contribution in [1.82, 2.24) is 9.47 Å². The molecule has 3 heterocycles. The number of benzene rings is 2. The Bertz CT molecular complexity index is 1450. The summed E-state index contributed by atoms with van der Waals surface area (Å²) in [5.41, 5.74) is 6.79. The topological polar surface area (TPSA) is 55.7 Å². The number of fused-ring (bicyclic) bond motifs is 5. The quantitative estimate of drug-likeness (QED) is 0.324. The minimum absolute atomic E-state index is 0.144. The molecule has 0 saturated heterocycles. The fourth-order valence-corrected chi connectivity index (χ4v) is 7.00. The van der Waals surface area contributed by atoms with E-state index in [2.05, 4.69) is 59.4 Å². The first kappa shape index (κ1) is 23.7. The van der Waals surface area contributed by atoms with Crippen LogP contribution in [-0.2, 0) is 19.4 Å². The molecule has 37 heavy (non-hydrogen) atoms. The van der Waals surface area contributed by atoms with Crippen molar-refractivity contribution in [2.75, 3.05) is 19.5 Å². The fraction of sp³-hybridized carbons (Fsp3) is 0.300. The molecule has 1 aliphatic heterocycles. The molecular weight excluding hydrogens is 482 g/mol. The molecule has 7 heteroatoms. The number of amides is 2. The van der Waals surface area contributed by atoms with Gasteiger partial charge < -0.3 is 24.3 Å². The van der Waals surface area contributed by atoms with Crippen molar-refractivity contribution in [3.8, 4) is 16.5 Å². The summed E-state index contributed by atoms with van der Waals surface area (Å²) in [6, 6.07) is 17.9. The standard InChI is InChI=1S/C30H31N3O3S/c1-19-10-12-20(13-11-19)28-24-8-6-16-32(24)29-23(22-7-4-5-9-27(22)37-29)18-33(28)30(34)31-21-14-15-25(35-2)26(17-21)36-3/h6,8,10-17,28H,4-5,7,9,18H2,1-3H3,(H,31,34). The van der Waals surface area contributed by atoms with Crippen LogP contribution < -0.4 is 14.8 Å². The number of urea groups is 1. The molecule has 0 radical (unpaired) electrons. The van der Waals surface area contributed by atoms with Crippen molar-refractivity contribution in [3.63, 3.8) is 0 Å². The lowest BCUT2D eigenvalue weighted by atomic mass is 9.95. The molecule has 1 unspecified atom stereocenters. The summed E-state index contributed by atoms with van der Waals surface area (Å²) in [5.74, 6) is 1.20. The van der Waals surface area contributed by atoms with Crippen LogP contribution in [0.3, 0.4) is 0 Å². The third-order valence-corrected chi connectivity index (χ3v) is 8.80. The van der Waals surface area contributed by atoms with Crippen molar-refractivity contribution in [2.45, 2.75) is 45.2 Å². The molecule has 1 atom stereocenters. The van der Waals surface area contributed by atoms with Gasteiger partial charge in [0.05, 0.1) is 32.5 Å². The molecule has 0 spiro atoms. The normalized spacial score (nSPS) is 16.3. The van der Waals surface area contributed by atoms with Gasteiger partial charge in [0.25, 0.3) is 0 Å². The number of aromatic nitrogens is 1. The van der Waals surface area contributed by atoms with E-state index in [1.54, 1.807) is 20.3 Å². The van der Waals surface area contributed by atoms with Crippen LogP contribution >= 0.6 is 11.3 Å². The highest BCUT2D eigenvalue weighted by atomic mass is 32.1. The van der Waals surface area contributed by atoms with E-state index in [0.29, 0.717) is 23.7 Å². The van der Waals surface area contributed by atoms with Crippen LogP contribution in [0.15, 0.2) is 60.8 Å². The van der Waals surface area contributed by atoms with Crippen molar-refractivity contribution < 1.29 is 14.3 Å². The Balaban J connectivity index is 1.46. The Kier molecular flexibility index (Phi) is 6.16. The maximum absolute atomic E-state index is 14.1. The van der Waals surface area contributed by atoms with E-state index < -0.39 is 0 Å². The van der Waals surface area contributed by atoms with Gasteiger partial charge >= 0.3 is 6.03 Å². The van der Waals surface area contributed by atoms with Gasteiger partial charge in [0.15, 0.2) is 11.5 Å². The first-order valence-electron chi connectivity index (χ1n) is 12.7. The van der Waals surface area contributed by atoms with E-state index in [0.717, 1.165) is 24.1 Å². The smallest absolute Gasteiger partial charge is 0.322 e. The second-order valence-corrected chi connectivity index (χ2v) is 10.8. The number of hydrogen-bond donors (Lipinski definition) is 1. The lowest BCUT2D eigenvalue weighted by Crippen LogP contribution is -2.38. The third-order valence-electron chi connectivity index (χ3n) is 7.47. The highest BCUT2D eigenvalue weighted by Gasteiger charge is 2.36. The molecule has 2 aromatic carbocycles. The van der Waals surface area contributed by atoms with E-state index >= 15 is 0 Å². The molecule has 0 fully saturated rings. The zero-order valence-electron chi connectivity index (χ0n) is 21.4. The van der Waals surface area contributed by atoms with Crippen LogP contribution in [0.2, 0.25) is 0 Å². The average Bonchev–Trinajstić information content (AvgIpc) is 3.51. The number of thiophene rings is 1. The Morgan fingerprint density at radius 2 is 1.76 bits per heavy atom. The summed E-state index contributed by atoms with van der Waals surface area (Å²) < 4.78 is 13.2. The van der Waals surface area contributed by atoms with Gasteiger partial charge in [-0.2, -0.15) is 0 Å². The summed E-state index contributed by atoms with van der Waals surface area (Å²) in [6.45, 7) is 2.64. The number of nitrogens with zero attached hydrogens (tertiary/aromatic N) is 2. The van der Waals surface area contributed by atoms with Crippen LogP contribution in [0, 0.1) is 6.92 Å². The zero-order valence-corrected chi connectivity index (χ0v) is 22.2. The molecule has 6 rings (SSSR count). The third kappa shape index (κ3) is 4.17. The van der Waals surface area contributed by atoms with Gasteiger partial charge in [0.2, 0.25) is 0 Å². The predicted molar refractivity (Wildman–Crippen MR) is 147 cm³/mol. The second kappa shape index (κ2) is 9.63. The van der Waals surface area contributed by atoms with Crippen LogP contribution in [0.1, 0.15) is 51.7 Å². The summed E-state index contributed by atoms with van der Waals surface area (Å²) in [5, 5.41) is 4.40. The van der Waals surface area contributed by atoms with Gasteiger partial charge in [0.1, 0.15) is 5.00 Å². The maximum Gasteiger partial charge on any atom is 0.322 e. The minimum Gasteiger partial charge on any atom is -0.493 e. The number of hydrogen-bond acceptors (Lipinski definition) is 4. The van der Waals surface area contributed by atoms with Crippen LogP contribution in [0.4, 0.5) is 10.5 Å². The van der Waals surface area contributed by atoms with Crippen molar-refractivity contribution >= 4 is 23.1 Å². The summed E-state index contributed by atoms with van der Waals surface area (Å²) in [6.07, 6.45) is 6.79. The zero-order chi connectivity index (χ0) is 25.5. The van der Waals surface area contributed by atoms with Crippen molar-refractivity contribution in [3.05, 3.63) is 93.6 Å². The Morgan fingerprint density at radius 3 is 2.54 bits per heavy atom.